The summed E-state index contributed by atoms with van der Waals surface area (Å²) in [5.41, 5.74) is 2.92. The number of benzene rings is 2. The Morgan fingerprint density at radius 2 is 1.97 bits per heavy atom. The molecule has 1 aliphatic heterocycles. The molecule has 0 radical (unpaired) electrons. The molecule has 0 spiro atoms. The van der Waals surface area contributed by atoms with Crippen LogP contribution in [0.25, 0.3) is 10.4 Å². The highest BCUT2D eigenvalue weighted by Crippen LogP contribution is 2.42. The Balaban J connectivity index is 1.64. The lowest BCUT2D eigenvalue weighted by Crippen LogP contribution is -2.22. The highest BCUT2D eigenvalue weighted by Gasteiger charge is 2.22. The van der Waals surface area contributed by atoms with E-state index in [1.165, 1.54) is 16.2 Å². The van der Waals surface area contributed by atoms with Gasteiger partial charge in [-0.05, 0) is 48.0 Å². The summed E-state index contributed by atoms with van der Waals surface area (Å²) in [4.78, 5) is 28.3. The third kappa shape index (κ3) is 4.10. The van der Waals surface area contributed by atoms with Crippen molar-refractivity contribution < 1.29 is 14.3 Å². The van der Waals surface area contributed by atoms with E-state index in [4.69, 9.17) is 16.3 Å². The maximum absolute atomic E-state index is 13.0. The third-order valence-corrected chi connectivity index (χ3v) is 6.75. The minimum absolute atomic E-state index is 0.159. The van der Waals surface area contributed by atoms with Crippen LogP contribution in [0.2, 0.25) is 5.02 Å². The van der Waals surface area contributed by atoms with Crippen LogP contribution in [0, 0.1) is 0 Å². The van der Waals surface area contributed by atoms with Crippen LogP contribution >= 0.6 is 38.9 Å². The summed E-state index contributed by atoms with van der Waals surface area (Å²) in [7, 11) is 3.35. The molecular formula is C22H18BrClN2O3S. The Morgan fingerprint density at radius 3 is 2.73 bits per heavy atom. The molecule has 0 bridgehead atoms. The van der Waals surface area contributed by atoms with Gasteiger partial charge in [-0.15, -0.1) is 11.3 Å². The third-order valence-electron chi connectivity index (χ3n) is 4.72. The van der Waals surface area contributed by atoms with E-state index in [9.17, 15) is 9.59 Å². The van der Waals surface area contributed by atoms with Gasteiger partial charge in [-0.1, -0.05) is 27.5 Å². The van der Waals surface area contributed by atoms with E-state index in [1.807, 2.05) is 24.3 Å². The van der Waals surface area contributed by atoms with Gasteiger partial charge in [0.15, 0.2) is 0 Å². The summed E-state index contributed by atoms with van der Waals surface area (Å²) in [6.45, 7) is 0.550. The summed E-state index contributed by atoms with van der Waals surface area (Å²) < 4.78 is 6.80. The molecule has 0 aliphatic carbocycles. The Morgan fingerprint density at radius 1 is 1.17 bits per heavy atom. The molecule has 154 valence electrons. The monoisotopic (exact) mass is 504 g/mol. The van der Waals surface area contributed by atoms with Crippen LogP contribution in [0.15, 0.2) is 46.9 Å². The molecule has 1 aliphatic rings. The summed E-state index contributed by atoms with van der Waals surface area (Å²) in [5.74, 6) is 0.381. The van der Waals surface area contributed by atoms with Gasteiger partial charge in [0.2, 0.25) is 0 Å². The zero-order valence-electron chi connectivity index (χ0n) is 16.3. The Labute approximate surface area is 191 Å². The zero-order chi connectivity index (χ0) is 21.4. The van der Waals surface area contributed by atoms with Crippen LogP contribution in [0.3, 0.4) is 0 Å². The number of nitrogens with zero attached hydrogens (tertiary/aromatic N) is 1. The van der Waals surface area contributed by atoms with Crippen LogP contribution in [-0.2, 0) is 6.42 Å². The minimum atomic E-state index is -0.260. The number of ether oxygens (including phenoxy) is 1. The fraction of sp³-hybridized carbons (Fsp3) is 0.182. The van der Waals surface area contributed by atoms with E-state index >= 15 is 0 Å². The smallest absolute Gasteiger partial charge is 0.265 e. The number of hydrogen-bond donors (Lipinski definition) is 1. The lowest BCUT2D eigenvalue weighted by Gasteiger charge is -2.12. The summed E-state index contributed by atoms with van der Waals surface area (Å²) in [6, 6.07) is 12.7. The molecule has 2 amide bonds. The van der Waals surface area contributed by atoms with Crippen LogP contribution in [0.1, 0.15) is 25.6 Å². The van der Waals surface area contributed by atoms with E-state index in [0.29, 0.717) is 27.8 Å². The largest absolute Gasteiger partial charge is 0.493 e. The second-order valence-corrected chi connectivity index (χ2v) is 9.43. The maximum Gasteiger partial charge on any atom is 0.265 e. The summed E-state index contributed by atoms with van der Waals surface area (Å²) in [6.07, 6.45) is 0.721. The molecule has 8 heteroatoms. The van der Waals surface area contributed by atoms with Crippen molar-refractivity contribution in [3.63, 3.8) is 0 Å². The van der Waals surface area contributed by atoms with Crippen molar-refractivity contribution in [1.29, 1.82) is 0 Å². The van der Waals surface area contributed by atoms with Gasteiger partial charge in [0.25, 0.3) is 11.8 Å². The van der Waals surface area contributed by atoms with Gasteiger partial charge in [-0.2, -0.15) is 0 Å². The molecule has 2 heterocycles. The van der Waals surface area contributed by atoms with Crippen molar-refractivity contribution in [3.8, 4) is 16.2 Å². The van der Waals surface area contributed by atoms with E-state index in [2.05, 4.69) is 21.2 Å². The number of carbonyl (C=O) groups excluding carboxylic acids is 2. The molecule has 0 saturated heterocycles. The van der Waals surface area contributed by atoms with Gasteiger partial charge in [0, 0.05) is 41.0 Å². The lowest BCUT2D eigenvalue weighted by molar-refractivity contribution is 0.0827. The van der Waals surface area contributed by atoms with E-state index < -0.39 is 0 Å². The number of thiophene rings is 1. The normalized spacial score (nSPS) is 12.3. The van der Waals surface area contributed by atoms with Crippen LogP contribution in [0.5, 0.6) is 5.75 Å². The van der Waals surface area contributed by atoms with Gasteiger partial charge < -0.3 is 15.0 Å². The number of fused-ring (bicyclic) bond motifs is 3. The standard InChI is InChI=1S/C22H18BrClN2O3S/c1-26(2)22(28)13-3-6-16(24)17(9-13)25-21(27)19-10-12-7-8-29-18-11-14(23)4-5-15(18)20(12)30-19/h3-6,9-11H,7-8H2,1-2H3,(H,25,27). The number of halogens is 2. The molecule has 5 nitrogen and oxygen atoms in total. The van der Waals surface area contributed by atoms with Crippen molar-refractivity contribution >= 4 is 56.4 Å². The van der Waals surface area contributed by atoms with E-state index in [1.54, 1.807) is 32.3 Å². The molecule has 1 N–H and O–H groups in total. The highest BCUT2D eigenvalue weighted by molar-refractivity contribution is 9.10. The first-order valence-corrected chi connectivity index (χ1v) is 11.2. The summed E-state index contributed by atoms with van der Waals surface area (Å²) >= 11 is 11.2. The molecule has 0 atom stereocenters. The van der Waals surface area contributed by atoms with Crippen LogP contribution in [-0.4, -0.2) is 37.4 Å². The lowest BCUT2D eigenvalue weighted by atomic mass is 10.1. The molecule has 4 rings (SSSR count). The Kier molecular flexibility index (Phi) is 5.86. The number of hydrogen-bond acceptors (Lipinski definition) is 4. The molecule has 0 fully saturated rings. The number of rotatable bonds is 3. The van der Waals surface area contributed by atoms with Crippen molar-refractivity contribution in [2.45, 2.75) is 6.42 Å². The molecule has 2 aromatic carbocycles. The topological polar surface area (TPSA) is 58.6 Å². The first-order chi connectivity index (χ1) is 14.3. The van der Waals surface area contributed by atoms with Gasteiger partial charge in [-0.25, -0.2) is 0 Å². The zero-order valence-corrected chi connectivity index (χ0v) is 19.5. The molecule has 1 aromatic heterocycles. The first kappa shape index (κ1) is 20.9. The van der Waals surface area contributed by atoms with E-state index in [0.717, 1.165) is 32.6 Å². The molecule has 3 aromatic rings. The number of nitrogens with one attached hydrogen (secondary N) is 1. The van der Waals surface area contributed by atoms with E-state index in [-0.39, 0.29) is 11.8 Å². The number of anilines is 1. The molecule has 0 unspecified atom stereocenters. The fourth-order valence-corrected chi connectivity index (χ4v) is 4.87. The van der Waals surface area contributed by atoms with Crippen molar-refractivity contribution in [2.75, 3.05) is 26.0 Å². The van der Waals surface area contributed by atoms with Crippen molar-refractivity contribution in [3.05, 3.63) is 68.0 Å². The average molecular weight is 506 g/mol. The van der Waals surface area contributed by atoms with Crippen LogP contribution < -0.4 is 10.1 Å². The minimum Gasteiger partial charge on any atom is -0.493 e. The SMILES string of the molecule is CN(C)C(=O)c1ccc(Cl)c(NC(=O)c2cc3c(s2)-c2ccc(Br)cc2OCC3)c1. The molecule has 0 saturated carbocycles. The number of amides is 2. The van der Waals surface area contributed by atoms with Crippen molar-refractivity contribution in [2.24, 2.45) is 0 Å². The first-order valence-electron chi connectivity index (χ1n) is 9.21. The number of carbonyl (C=O) groups is 2. The van der Waals surface area contributed by atoms with Gasteiger partial charge in [0.1, 0.15) is 5.75 Å². The fourth-order valence-electron chi connectivity index (χ4n) is 3.22. The average Bonchev–Trinajstić information content (AvgIpc) is 3.06. The predicted octanol–water partition coefficient (Wildman–Crippen LogP) is 5.72. The summed E-state index contributed by atoms with van der Waals surface area (Å²) in [5, 5.41) is 3.22. The van der Waals surface area contributed by atoms with Crippen molar-refractivity contribution in [1.82, 2.24) is 4.90 Å². The highest BCUT2D eigenvalue weighted by atomic mass is 79.9. The Hall–Kier alpha value is -2.35. The second-order valence-electron chi connectivity index (χ2n) is 7.05. The predicted molar refractivity (Wildman–Crippen MR) is 124 cm³/mol. The maximum atomic E-state index is 13.0. The van der Waals surface area contributed by atoms with Gasteiger partial charge in [0.05, 0.1) is 22.2 Å². The second kappa shape index (κ2) is 8.41. The van der Waals surface area contributed by atoms with Gasteiger partial charge >= 0.3 is 0 Å². The van der Waals surface area contributed by atoms with Gasteiger partial charge in [-0.3, -0.25) is 9.59 Å². The molecule has 30 heavy (non-hydrogen) atoms. The molecular weight excluding hydrogens is 488 g/mol. The quantitative estimate of drug-likeness (QED) is 0.495. The Bertz CT molecular complexity index is 1160. The van der Waals surface area contributed by atoms with Crippen LogP contribution in [0.4, 0.5) is 5.69 Å².